The molecule has 118 valence electrons. The molecule has 0 spiro atoms. The van der Waals surface area contributed by atoms with Crippen molar-refractivity contribution in [1.29, 1.82) is 0 Å². The van der Waals surface area contributed by atoms with Gasteiger partial charge in [0, 0.05) is 22.9 Å². The largest absolute Gasteiger partial charge is 0.293 e. The average Bonchev–Trinajstić information content (AvgIpc) is 2.93. The van der Waals surface area contributed by atoms with Gasteiger partial charge in [-0.25, -0.2) is 13.9 Å². The molecule has 2 aromatic carbocycles. The maximum absolute atomic E-state index is 13.2. The molecule has 0 unspecified atom stereocenters. The van der Waals surface area contributed by atoms with Gasteiger partial charge in [0.2, 0.25) is 0 Å². The van der Waals surface area contributed by atoms with Crippen LogP contribution in [0.5, 0.6) is 0 Å². The average molecular weight is 319 g/mol. The number of rotatable bonds is 2. The summed E-state index contributed by atoms with van der Waals surface area (Å²) in [6.07, 6.45) is 0. The highest BCUT2D eigenvalue weighted by molar-refractivity contribution is 5.81. The highest BCUT2D eigenvalue weighted by atomic mass is 19.1. The molecule has 4 aromatic rings. The predicted octanol–water partition coefficient (Wildman–Crippen LogP) is 3.80. The number of halogens is 1. The lowest BCUT2D eigenvalue weighted by molar-refractivity contribution is 0.628. The van der Waals surface area contributed by atoms with Crippen molar-refractivity contribution in [2.75, 3.05) is 0 Å². The Hall–Kier alpha value is -3.21. The number of H-pyrrole nitrogens is 1. The fraction of sp³-hybridized carbons (Fsp3) is 0.0526. The van der Waals surface area contributed by atoms with Gasteiger partial charge in [0.15, 0.2) is 5.65 Å². The van der Waals surface area contributed by atoms with Crippen molar-refractivity contribution in [3.63, 3.8) is 0 Å². The van der Waals surface area contributed by atoms with Crippen LogP contribution in [0.15, 0.2) is 65.5 Å². The summed E-state index contributed by atoms with van der Waals surface area (Å²) in [5, 5.41) is 3.04. The van der Waals surface area contributed by atoms with E-state index in [0.717, 1.165) is 22.4 Å². The summed E-state index contributed by atoms with van der Waals surface area (Å²) in [7, 11) is 0. The third-order valence-corrected chi connectivity index (χ3v) is 4.00. The standard InChI is InChI=1S/C19H14FN3O/c1-12-18(14-7-9-15(20)10-8-14)19-21-16(11-17(24)23(19)22-12)13-5-3-2-4-6-13/h2-11,22H,1H3. The molecule has 0 saturated carbocycles. The van der Waals surface area contributed by atoms with Crippen LogP contribution in [0.3, 0.4) is 0 Å². The number of hydrogen-bond donors (Lipinski definition) is 1. The van der Waals surface area contributed by atoms with Gasteiger partial charge >= 0.3 is 0 Å². The van der Waals surface area contributed by atoms with Crippen LogP contribution in [-0.4, -0.2) is 14.6 Å². The van der Waals surface area contributed by atoms with Gasteiger partial charge in [0.05, 0.1) is 5.69 Å². The number of fused-ring (bicyclic) bond motifs is 1. The van der Waals surface area contributed by atoms with Crippen LogP contribution in [0.2, 0.25) is 0 Å². The van der Waals surface area contributed by atoms with E-state index >= 15 is 0 Å². The van der Waals surface area contributed by atoms with Crippen LogP contribution in [0, 0.1) is 12.7 Å². The maximum atomic E-state index is 13.2. The van der Waals surface area contributed by atoms with Crippen molar-refractivity contribution in [3.8, 4) is 22.4 Å². The first-order valence-corrected chi connectivity index (χ1v) is 7.57. The molecule has 0 saturated heterocycles. The zero-order valence-electron chi connectivity index (χ0n) is 13.0. The second-order valence-corrected chi connectivity index (χ2v) is 5.62. The van der Waals surface area contributed by atoms with Gasteiger partial charge < -0.3 is 0 Å². The third kappa shape index (κ3) is 2.31. The molecule has 2 heterocycles. The molecule has 5 heteroatoms. The van der Waals surface area contributed by atoms with Gasteiger partial charge in [-0.3, -0.25) is 9.89 Å². The number of aromatic nitrogens is 3. The van der Waals surface area contributed by atoms with Crippen LogP contribution < -0.4 is 5.56 Å². The Labute approximate surface area is 137 Å². The molecule has 4 nitrogen and oxygen atoms in total. The van der Waals surface area contributed by atoms with E-state index in [1.165, 1.54) is 22.7 Å². The smallest absolute Gasteiger partial charge is 0.273 e. The molecule has 0 atom stereocenters. The van der Waals surface area contributed by atoms with E-state index in [9.17, 15) is 9.18 Å². The Bertz CT molecular complexity index is 1080. The van der Waals surface area contributed by atoms with Crippen molar-refractivity contribution in [1.82, 2.24) is 14.6 Å². The third-order valence-electron chi connectivity index (χ3n) is 4.00. The molecule has 1 N–H and O–H groups in total. The van der Waals surface area contributed by atoms with Crippen molar-refractivity contribution >= 4 is 5.65 Å². The Morgan fingerprint density at radius 2 is 1.71 bits per heavy atom. The molecule has 2 aromatic heterocycles. The van der Waals surface area contributed by atoms with Gasteiger partial charge in [-0.2, -0.15) is 0 Å². The number of nitrogens with zero attached hydrogens (tertiary/aromatic N) is 2. The number of aryl methyl sites for hydroxylation is 1. The van der Waals surface area contributed by atoms with Crippen LogP contribution >= 0.6 is 0 Å². The topological polar surface area (TPSA) is 50.2 Å². The zero-order chi connectivity index (χ0) is 16.7. The maximum Gasteiger partial charge on any atom is 0.273 e. The van der Waals surface area contributed by atoms with Crippen LogP contribution in [0.25, 0.3) is 28.0 Å². The predicted molar refractivity (Wildman–Crippen MR) is 91.4 cm³/mol. The van der Waals surface area contributed by atoms with E-state index in [1.807, 2.05) is 37.3 Å². The van der Waals surface area contributed by atoms with E-state index in [2.05, 4.69) is 10.1 Å². The lowest BCUT2D eigenvalue weighted by atomic mass is 10.1. The van der Waals surface area contributed by atoms with Gasteiger partial charge in [-0.1, -0.05) is 42.5 Å². The highest BCUT2D eigenvalue weighted by Crippen LogP contribution is 2.28. The minimum Gasteiger partial charge on any atom is -0.293 e. The van der Waals surface area contributed by atoms with Gasteiger partial charge in [-0.15, -0.1) is 0 Å². The van der Waals surface area contributed by atoms with Crippen molar-refractivity contribution in [2.24, 2.45) is 0 Å². The Morgan fingerprint density at radius 1 is 1.00 bits per heavy atom. The van der Waals surface area contributed by atoms with Crippen molar-refractivity contribution in [2.45, 2.75) is 6.92 Å². The van der Waals surface area contributed by atoms with Gasteiger partial charge in [0.25, 0.3) is 5.56 Å². The van der Waals surface area contributed by atoms with Crippen LogP contribution in [0.1, 0.15) is 5.69 Å². The number of benzene rings is 2. The van der Waals surface area contributed by atoms with E-state index < -0.39 is 0 Å². The second-order valence-electron chi connectivity index (χ2n) is 5.62. The number of hydrogen-bond acceptors (Lipinski definition) is 2. The quantitative estimate of drug-likeness (QED) is 0.611. The summed E-state index contributed by atoms with van der Waals surface area (Å²) in [5.41, 5.74) is 4.25. The van der Waals surface area contributed by atoms with Crippen molar-refractivity contribution in [3.05, 3.63) is 82.5 Å². The minimum absolute atomic E-state index is 0.185. The van der Waals surface area contributed by atoms with E-state index in [4.69, 9.17) is 0 Å². The molecule has 0 bridgehead atoms. The molecule has 4 rings (SSSR count). The second kappa shape index (κ2) is 5.45. The van der Waals surface area contributed by atoms with Gasteiger partial charge in [-0.05, 0) is 24.6 Å². The first-order chi connectivity index (χ1) is 11.6. The molecular formula is C19H14FN3O. The summed E-state index contributed by atoms with van der Waals surface area (Å²) in [6.45, 7) is 1.87. The van der Waals surface area contributed by atoms with Gasteiger partial charge in [0.1, 0.15) is 5.82 Å². The fourth-order valence-electron chi connectivity index (χ4n) is 2.87. The van der Waals surface area contributed by atoms with E-state index in [-0.39, 0.29) is 11.4 Å². The molecule has 24 heavy (non-hydrogen) atoms. The Balaban J connectivity index is 2.01. The SMILES string of the molecule is Cc1[nH]n2c(=O)cc(-c3ccccc3)nc2c1-c1ccc(F)cc1. The van der Waals surface area contributed by atoms with E-state index in [0.29, 0.717) is 11.3 Å². The summed E-state index contributed by atoms with van der Waals surface area (Å²) >= 11 is 0. The monoisotopic (exact) mass is 319 g/mol. The first-order valence-electron chi connectivity index (χ1n) is 7.57. The Kier molecular flexibility index (Phi) is 3.27. The van der Waals surface area contributed by atoms with Crippen LogP contribution in [0.4, 0.5) is 4.39 Å². The molecule has 0 aliphatic heterocycles. The first kappa shape index (κ1) is 14.4. The Morgan fingerprint density at radius 3 is 2.42 bits per heavy atom. The van der Waals surface area contributed by atoms with E-state index in [1.54, 1.807) is 12.1 Å². The van der Waals surface area contributed by atoms with Crippen LogP contribution in [-0.2, 0) is 0 Å². The van der Waals surface area contributed by atoms with Crippen molar-refractivity contribution < 1.29 is 4.39 Å². The lowest BCUT2D eigenvalue weighted by Gasteiger charge is -2.03. The molecule has 0 radical (unpaired) electrons. The summed E-state index contributed by atoms with van der Waals surface area (Å²) in [5.74, 6) is -0.300. The normalized spacial score (nSPS) is 11.1. The number of aromatic amines is 1. The minimum atomic E-state index is -0.300. The zero-order valence-corrected chi connectivity index (χ0v) is 13.0. The molecule has 0 aliphatic carbocycles. The summed E-state index contributed by atoms with van der Waals surface area (Å²) < 4.78 is 14.6. The molecular weight excluding hydrogens is 305 g/mol. The molecule has 0 fully saturated rings. The highest BCUT2D eigenvalue weighted by Gasteiger charge is 2.15. The summed E-state index contributed by atoms with van der Waals surface area (Å²) in [4.78, 5) is 17.1. The lowest BCUT2D eigenvalue weighted by Crippen LogP contribution is -2.14. The molecule has 0 aliphatic rings. The fourth-order valence-corrected chi connectivity index (χ4v) is 2.87. The molecule has 0 amide bonds. The number of nitrogens with one attached hydrogen (secondary N) is 1. The summed E-state index contributed by atoms with van der Waals surface area (Å²) in [6, 6.07) is 17.2.